The highest BCUT2D eigenvalue weighted by Crippen LogP contribution is 2.29. The van der Waals surface area contributed by atoms with E-state index in [4.69, 9.17) is 21.6 Å². The zero-order chi connectivity index (χ0) is 23.3. The molecule has 0 saturated carbocycles. The Kier molecular flexibility index (Phi) is 7.11. The molecule has 6 N–H and O–H groups in total. The van der Waals surface area contributed by atoms with Crippen molar-refractivity contribution in [2.24, 2.45) is 5.73 Å². The fourth-order valence-electron chi connectivity index (χ4n) is 3.14. The van der Waals surface area contributed by atoms with Gasteiger partial charge in [0.2, 0.25) is 0 Å². The van der Waals surface area contributed by atoms with Gasteiger partial charge in [-0.1, -0.05) is 30.3 Å². The number of amides is 1. The summed E-state index contributed by atoms with van der Waals surface area (Å²) in [5.74, 6) is -2.39. The summed E-state index contributed by atoms with van der Waals surface area (Å²) in [6.07, 6.45) is -1.47. The first kappa shape index (κ1) is 22.8. The second-order valence-electron chi connectivity index (χ2n) is 6.97. The molecule has 1 aromatic heterocycles. The van der Waals surface area contributed by atoms with Crippen molar-refractivity contribution in [1.82, 2.24) is 10.3 Å². The number of nitrogen functional groups attached to an aromatic ring is 2. The Labute approximate surface area is 183 Å². The van der Waals surface area contributed by atoms with Gasteiger partial charge in [-0.25, -0.2) is 13.8 Å². The fourth-order valence-corrected chi connectivity index (χ4v) is 3.14. The van der Waals surface area contributed by atoms with Gasteiger partial charge in [0.25, 0.3) is 5.91 Å². The Balaban J connectivity index is 1.82. The molecule has 0 fully saturated rings. The topological polar surface area (TPSA) is 127 Å². The lowest BCUT2D eigenvalue weighted by Crippen LogP contribution is -2.31. The Bertz CT molecular complexity index is 1110. The van der Waals surface area contributed by atoms with Crippen LogP contribution in [-0.2, 0) is 16.1 Å². The highest BCUT2D eigenvalue weighted by atomic mass is 19.1. The minimum atomic E-state index is -1.47. The zero-order valence-electron chi connectivity index (χ0n) is 17.4. The number of hydrogen-bond donors (Lipinski definition) is 4. The molecule has 7 nitrogen and oxygen atoms in total. The first-order chi connectivity index (χ1) is 15.3. The average Bonchev–Trinajstić information content (AvgIpc) is 2.76. The summed E-state index contributed by atoms with van der Waals surface area (Å²) in [4.78, 5) is 16.8. The van der Waals surface area contributed by atoms with Gasteiger partial charge in [0.15, 0.2) is 6.10 Å². The van der Waals surface area contributed by atoms with Crippen LogP contribution in [0.4, 0.5) is 14.6 Å². The number of carbonyl (C=O) groups is 1. The largest absolute Gasteiger partial charge is 0.384 e. The number of pyridine rings is 1. The third-order valence-corrected chi connectivity index (χ3v) is 4.71. The molecule has 3 rings (SSSR count). The fraction of sp³-hybridized carbons (Fsp3) is 0.174. The van der Waals surface area contributed by atoms with Crippen LogP contribution >= 0.6 is 0 Å². The highest BCUT2D eigenvalue weighted by Gasteiger charge is 2.28. The number of rotatable bonds is 8. The number of nitrogens with two attached hydrogens (primary N) is 2. The van der Waals surface area contributed by atoms with Crippen molar-refractivity contribution in [3.05, 3.63) is 82.9 Å². The van der Waals surface area contributed by atoms with Crippen molar-refractivity contribution in [2.45, 2.75) is 19.6 Å². The number of hydrogen-bond acceptors (Lipinski definition) is 5. The molecule has 166 valence electrons. The van der Waals surface area contributed by atoms with Gasteiger partial charge in [-0.3, -0.25) is 10.2 Å². The minimum absolute atomic E-state index is 0.0696. The predicted octanol–water partition coefficient (Wildman–Crippen LogP) is 3.29. The van der Waals surface area contributed by atoms with Crippen molar-refractivity contribution >= 4 is 17.6 Å². The molecule has 0 spiro atoms. The number of carbonyl (C=O) groups excluding carboxylic acids is 1. The maximum Gasteiger partial charge on any atom is 0.254 e. The molecule has 9 heteroatoms. The van der Waals surface area contributed by atoms with Crippen LogP contribution in [0.1, 0.15) is 29.7 Å². The van der Waals surface area contributed by atoms with Crippen LogP contribution in [0.5, 0.6) is 0 Å². The predicted molar refractivity (Wildman–Crippen MR) is 118 cm³/mol. The summed E-state index contributed by atoms with van der Waals surface area (Å²) < 4.78 is 35.2. The molecule has 0 aliphatic carbocycles. The van der Waals surface area contributed by atoms with E-state index < -0.39 is 29.2 Å². The molecule has 0 unspecified atom stereocenters. The third kappa shape index (κ3) is 5.25. The lowest BCUT2D eigenvalue weighted by atomic mass is 10.0. The van der Waals surface area contributed by atoms with E-state index in [0.29, 0.717) is 11.3 Å². The molecule has 1 heterocycles. The number of ether oxygens (including phenoxy) is 1. The van der Waals surface area contributed by atoms with Crippen molar-refractivity contribution in [3.8, 4) is 11.3 Å². The molecule has 2 aromatic carbocycles. The molecule has 0 saturated heterocycles. The van der Waals surface area contributed by atoms with Gasteiger partial charge in [0, 0.05) is 24.3 Å². The van der Waals surface area contributed by atoms with Gasteiger partial charge < -0.3 is 21.5 Å². The molecule has 1 atom stereocenters. The Morgan fingerprint density at radius 1 is 1.16 bits per heavy atom. The van der Waals surface area contributed by atoms with Crippen molar-refractivity contribution in [2.75, 3.05) is 12.3 Å². The van der Waals surface area contributed by atoms with Crippen LogP contribution in [0.15, 0.2) is 54.6 Å². The van der Waals surface area contributed by atoms with Crippen LogP contribution in [0.2, 0.25) is 0 Å². The first-order valence-corrected chi connectivity index (χ1v) is 9.84. The van der Waals surface area contributed by atoms with Crippen molar-refractivity contribution in [1.29, 1.82) is 5.41 Å². The van der Waals surface area contributed by atoms with Crippen LogP contribution in [0.25, 0.3) is 11.3 Å². The molecule has 0 radical (unpaired) electrons. The molecule has 1 amide bonds. The molecular formula is C23H23F2N5O2. The average molecular weight is 439 g/mol. The quantitative estimate of drug-likeness (QED) is 0.316. The molecule has 32 heavy (non-hydrogen) atoms. The van der Waals surface area contributed by atoms with Gasteiger partial charge in [-0.2, -0.15) is 0 Å². The number of aromatic nitrogens is 1. The Morgan fingerprint density at radius 3 is 2.38 bits per heavy atom. The monoisotopic (exact) mass is 439 g/mol. The second kappa shape index (κ2) is 9.97. The van der Waals surface area contributed by atoms with E-state index in [1.807, 2.05) is 0 Å². The van der Waals surface area contributed by atoms with E-state index in [1.165, 1.54) is 0 Å². The summed E-state index contributed by atoms with van der Waals surface area (Å²) in [6, 6.07) is 13.6. The number of nitrogens with one attached hydrogen (secondary N) is 2. The van der Waals surface area contributed by atoms with E-state index in [9.17, 15) is 13.6 Å². The van der Waals surface area contributed by atoms with Crippen LogP contribution in [0, 0.1) is 17.0 Å². The third-order valence-electron chi connectivity index (χ3n) is 4.71. The SMILES string of the molecule is CCO[C@H](C(=O)NCc1ccc(C(=N)N)cc1)c1c(F)cc(-c2cccc(N)n2)cc1F. The molecule has 0 aliphatic rings. The zero-order valence-corrected chi connectivity index (χ0v) is 17.4. The minimum Gasteiger partial charge on any atom is -0.384 e. The van der Waals surface area contributed by atoms with E-state index in [-0.39, 0.29) is 30.4 Å². The summed E-state index contributed by atoms with van der Waals surface area (Å²) in [5, 5.41) is 10.0. The summed E-state index contributed by atoms with van der Waals surface area (Å²) >= 11 is 0. The smallest absolute Gasteiger partial charge is 0.254 e. The molecule has 0 aliphatic heterocycles. The summed E-state index contributed by atoms with van der Waals surface area (Å²) in [5.41, 5.74) is 12.4. The molecule has 3 aromatic rings. The maximum absolute atomic E-state index is 14.9. The first-order valence-electron chi connectivity index (χ1n) is 9.84. The van der Waals surface area contributed by atoms with Crippen molar-refractivity contribution < 1.29 is 18.3 Å². The summed E-state index contributed by atoms with van der Waals surface area (Å²) in [7, 11) is 0. The Morgan fingerprint density at radius 2 is 1.81 bits per heavy atom. The lowest BCUT2D eigenvalue weighted by Gasteiger charge is -2.19. The van der Waals surface area contributed by atoms with Crippen LogP contribution in [-0.4, -0.2) is 23.3 Å². The molecular weight excluding hydrogens is 416 g/mol. The lowest BCUT2D eigenvalue weighted by molar-refractivity contribution is -0.133. The van der Waals surface area contributed by atoms with E-state index in [1.54, 1.807) is 49.4 Å². The van der Waals surface area contributed by atoms with E-state index >= 15 is 0 Å². The number of benzene rings is 2. The maximum atomic E-state index is 14.9. The summed E-state index contributed by atoms with van der Waals surface area (Å²) in [6.45, 7) is 1.81. The van der Waals surface area contributed by atoms with E-state index in [0.717, 1.165) is 17.7 Å². The standard InChI is InChI=1S/C23H23F2N5O2/c1-2-32-21(23(31)29-12-13-6-8-14(9-7-13)22(27)28)20-16(24)10-15(11-17(20)25)18-4-3-5-19(26)30-18/h3-11,21H,2,12H2,1H3,(H2,26,30)(H3,27,28)(H,29,31)/t21-/m0/s1. The van der Waals surface area contributed by atoms with Crippen LogP contribution < -0.4 is 16.8 Å². The van der Waals surface area contributed by atoms with Gasteiger partial charge in [-0.15, -0.1) is 0 Å². The van der Waals surface area contributed by atoms with Gasteiger partial charge >= 0.3 is 0 Å². The van der Waals surface area contributed by atoms with Crippen LogP contribution in [0.3, 0.4) is 0 Å². The number of nitrogens with zero attached hydrogens (tertiary/aromatic N) is 1. The van der Waals surface area contributed by atoms with E-state index in [2.05, 4.69) is 10.3 Å². The van der Waals surface area contributed by atoms with Crippen molar-refractivity contribution in [3.63, 3.8) is 0 Å². The van der Waals surface area contributed by atoms with Gasteiger partial charge in [-0.05, 0) is 36.8 Å². The molecule has 0 bridgehead atoms. The number of anilines is 1. The normalized spacial score (nSPS) is 11.7. The highest BCUT2D eigenvalue weighted by molar-refractivity contribution is 5.94. The Hall–Kier alpha value is -3.85. The number of amidine groups is 1. The number of halogens is 2. The van der Waals surface area contributed by atoms with Gasteiger partial charge in [0.05, 0.1) is 11.3 Å². The second-order valence-corrected chi connectivity index (χ2v) is 6.97. The van der Waals surface area contributed by atoms with Gasteiger partial charge in [0.1, 0.15) is 23.3 Å².